The first kappa shape index (κ1) is 15.3. The lowest BCUT2D eigenvalue weighted by Crippen LogP contribution is -2.27. The van der Waals surface area contributed by atoms with Crippen LogP contribution >= 0.6 is 23.2 Å². The molecular formula is C14H13Cl2NO2S. The van der Waals surface area contributed by atoms with Crippen molar-refractivity contribution in [2.75, 3.05) is 0 Å². The van der Waals surface area contributed by atoms with Gasteiger partial charge in [0.2, 0.25) is 10.0 Å². The molecule has 0 aliphatic heterocycles. The third-order valence-electron chi connectivity index (χ3n) is 2.83. The zero-order chi connectivity index (χ0) is 14.8. The van der Waals surface area contributed by atoms with Crippen LogP contribution in [0.15, 0.2) is 53.4 Å². The molecule has 0 aromatic heterocycles. The summed E-state index contributed by atoms with van der Waals surface area (Å²) >= 11 is 12.0. The van der Waals surface area contributed by atoms with E-state index < -0.39 is 16.1 Å². The van der Waals surface area contributed by atoms with Crippen molar-refractivity contribution in [1.82, 2.24) is 4.72 Å². The lowest BCUT2D eigenvalue weighted by molar-refractivity contribution is 0.567. The van der Waals surface area contributed by atoms with Crippen LogP contribution < -0.4 is 4.72 Å². The molecule has 106 valence electrons. The highest BCUT2D eigenvalue weighted by molar-refractivity contribution is 7.89. The van der Waals surface area contributed by atoms with Gasteiger partial charge in [0.1, 0.15) is 4.90 Å². The normalized spacial score (nSPS) is 13.2. The van der Waals surface area contributed by atoms with Gasteiger partial charge in [-0.1, -0.05) is 53.5 Å². The molecular weight excluding hydrogens is 317 g/mol. The second-order valence-electron chi connectivity index (χ2n) is 4.29. The number of nitrogens with one attached hydrogen (secondary N) is 1. The summed E-state index contributed by atoms with van der Waals surface area (Å²) in [6.45, 7) is 1.73. The minimum atomic E-state index is -3.70. The van der Waals surface area contributed by atoms with Crippen molar-refractivity contribution in [2.45, 2.75) is 17.9 Å². The predicted octanol–water partition coefficient (Wildman–Crippen LogP) is 4.03. The Morgan fingerprint density at radius 3 is 2.10 bits per heavy atom. The summed E-state index contributed by atoms with van der Waals surface area (Å²) in [5.74, 6) is 0. The standard InChI is InChI=1S/C14H13Cl2NO2S/c1-10(11-6-2-3-7-12(11)15)17-20(18,19)14-9-5-4-8-13(14)16/h2-10,17H,1H3. The van der Waals surface area contributed by atoms with Crippen molar-refractivity contribution < 1.29 is 8.42 Å². The lowest BCUT2D eigenvalue weighted by atomic mass is 10.1. The molecule has 0 aliphatic rings. The van der Waals surface area contributed by atoms with Gasteiger partial charge in [-0.3, -0.25) is 0 Å². The SMILES string of the molecule is CC(NS(=O)(=O)c1ccccc1Cl)c1ccccc1Cl. The molecule has 0 fully saturated rings. The summed E-state index contributed by atoms with van der Waals surface area (Å²) < 4.78 is 27.2. The number of rotatable bonds is 4. The van der Waals surface area contributed by atoms with Gasteiger partial charge in [0.15, 0.2) is 0 Å². The molecule has 1 unspecified atom stereocenters. The molecule has 0 saturated carbocycles. The average molecular weight is 330 g/mol. The number of benzene rings is 2. The van der Waals surface area contributed by atoms with E-state index in [-0.39, 0.29) is 9.92 Å². The van der Waals surface area contributed by atoms with Crippen LogP contribution in [-0.4, -0.2) is 8.42 Å². The zero-order valence-electron chi connectivity index (χ0n) is 10.7. The Hall–Kier alpha value is -1.07. The minimum Gasteiger partial charge on any atom is -0.207 e. The van der Waals surface area contributed by atoms with Crippen LogP contribution in [0.3, 0.4) is 0 Å². The molecule has 2 rings (SSSR count). The van der Waals surface area contributed by atoms with E-state index in [2.05, 4.69) is 4.72 Å². The smallest absolute Gasteiger partial charge is 0.207 e. The molecule has 1 N–H and O–H groups in total. The number of halogens is 2. The van der Waals surface area contributed by atoms with E-state index in [9.17, 15) is 8.42 Å². The zero-order valence-corrected chi connectivity index (χ0v) is 13.0. The van der Waals surface area contributed by atoms with Gasteiger partial charge in [-0.05, 0) is 30.7 Å². The molecule has 2 aromatic rings. The van der Waals surface area contributed by atoms with Crippen LogP contribution in [0.1, 0.15) is 18.5 Å². The number of sulfonamides is 1. The van der Waals surface area contributed by atoms with Crippen LogP contribution in [0.2, 0.25) is 10.0 Å². The van der Waals surface area contributed by atoms with Crippen molar-refractivity contribution >= 4 is 33.2 Å². The van der Waals surface area contributed by atoms with Crippen molar-refractivity contribution in [3.05, 3.63) is 64.1 Å². The van der Waals surface area contributed by atoms with Crippen LogP contribution in [0.25, 0.3) is 0 Å². The molecule has 0 amide bonds. The summed E-state index contributed by atoms with van der Waals surface area (Å²) in [6, 6.07) is 13.0. The fraction of sp³-hybridized carbons (Fsp3) is 0.143. The summed E-state index contributed by atoms with van der Waals surface area (Å²) in [5.41, 5.74) is 0.713. The van der Waals surface area contributed by atoms with Gasteiger partial charge in [0, 0.05) is 11.1 Å². The fourth-order valence-electron chi connectivity index (χ4n) is 1.85. The summed E-state index contributed by atoms with van der Waals surface area (Å²) in [4.78, 5) is 0.0561. The first-order valence-corrected chi connectivity index (χ1v) is 8.17. The molecule has 6 heteroatoms. The Labute approximate surface area is 128 Å². The maximum absolute atomic E-state index is 12.3. The molecule has 0 spiro atoms. The van der Waals surface area contributed by atoms with E-state index in [1.165, 1.54) is 12.1 Å². The second kappa shape index (κ2) is 6.14. The van der Waals surface area contributed by atoms with Crippen LogP contribution in [0, 0.1) is 0 Å². The fourth-order valence-corrected chi connectivity index (χ4v) is 3.89. The lowest BCUT2D eigenvalue weighted by Gasteiger charge is -2.16. The number of hydrogen-bond acceptors (Lipinski definition) is 2. The third-order valence-corrected chi connectivity index (χ3v) is 5.21. The van der Waals surface area contributed by atoms with Crippen LogP contribution in [0.5, 0.6) is 0 Å². The quantitative estimate of drug-likeness (QED) is 0.920. The molecule has 0 aliphatic carbocycles. The Morgan fingerprint density at radius 1 is 0.950 bits per heavy atom. The number of hydrogen-bond donors (Lipinski definition) is 1. The Balaban J connectivity index is 2.30. The highest BCUT2D eigenvalue weighted by atomic mass is 35.5. The summed E-state index contributed by atoms with van der Waals surface area (Å²) in [7, 11) is -3.70. The molecule has 0 radical (unpaired) electrons. The highest BCUT2D eigenvalue weighted by Crippen LogP contribution is 2.26. The maximum atomic E-state index is 12.3. The van der Waals surface area contributed by atoms with Crippen molar-refractivity contribution in [2.24, 2.45) is 0 Å². The molecule has 0 bridgehead atoms. The Morgan fingerprint density at radius 2 is 1.50 bits per heavy atom. The van der Waals surface area contributed by atoms with E-state index >= 15 is 0 Å². The minimum absolute atomic E-state index is 0.0561. The van der Waals surface area contributed by atoms with Gasteiger partial charge in [-0.25, -0.2) is 13.1 Å². The van der Waals surface area contributed by atoms with Gasteiger partial charge in [0.05, 0.1) is 5.02 Å². The Bertz CT molecular complexity index is 717. The van der Waals surface area contributed by atoms with E-state index in [4.69, 9.17) is 23.2 Å². The van der Waals surface area contributed by atoms with E-state index in [0.29, 0.717) is 10.6 Å². The predicted molar refractivity (Wildman–Crippen MR) is 81.6 cm³/mol. The third kappa shape index (κ3) is 3.33. The Kier molecular flexibility index (Phi) is 4.70. The molecule has 2 aromatic carbocycles. The van der Waals surface area contributed by atoms with Gasteiger partial charge < -0.3 is 0 Å². The summed E-state index contributed by atoms with van der Waals surface area (Å²) in [5, 5.41) is 0.702. The van der Waals surface area contributed by atoms with Gasteiger partial charge in [-0.15, -0.1) is 0 Å². The van der Waals surface area contributed by atoms with Crippen LogP contribution in [-0.2, 0) is 10.0 Å². The molecule has 20 heavy (non-hydrogen) atoms. The van der Waals surface area contributed by atoms with E-state index in [1.807, 2.05) is 6.07 Å². The van der Waals surface area contributed by atoms with Crippen molar-refractivity contribution in [3.63, 3.8) is 0 Å². The largest absolute Gasteiger partial charge is 0.242 e. The topological polar surface area (TPSA) is 46.2 Å². The summed E-state index contributed by atoms with van der Waals surface area (Å²) in [6.07, 6.45) is 0. The molecule has 1 atom stereocenters. The van der Waals surface area contributed by atoms with Gasteiger partial charge in [0.25, 0.3) is 0 Å². The molecule has 3 nitrogen and oxygen atoms in total. The van der Waals surface area contributed by atoms with E-state index in [0.717, 1.165) is 0 Å². The highest BCUT2D eigenvalue weighted by Gasteiger charge is 2.21. The molecule has 0 saturated heterocycles. The molecule has 0 heterocycles. The van der Waals surface area contributed by atoms with Gasteiger partial charge >= 0.3 is 0 Å². The van der Waals surface area contributed by atoms with Gasteiger partial charge in [-0.2, -0.15) is 0 Å². The first-order valence-electron chi connectivity index (χ1n) is 5.93. The van der Waals surface area contributed by atoms with Crippen molar-refractivity contribution in [1.29, 1.82) is 0 Å². The maximum Gasteiger partial charge on any atom is 0.242 e. The van der Waals surface area contributed by atoms with Crippen molar-refractivity contribution in [3.8, 4) is 0 Å². The second-order valence-corrected chi connectivity index (χ2v) is 6.79. The van der Waals surface area contributed by atoms with Crippen LogP contribution in [0.4, 0.5) is 0 Å². The monoisotopic (exact) mass is 329 g/mol. The van der Waals surface area contributed by atoms with E-state index in [1.54, 1.807) is 37.3 Å². The first-order chi connectivity index (χ1) is 9.42. The average Bonchev–Trinajstić information content (AvgIpc) is 2.38.